The van der Waals surface area contributed by atoms with Crippen molar-refractivity contribution in [1.29, 1.82) is 0 Å². The van der Waals surface area contributed by atoms with Crippen LogP contribution in [0.4, 0.5) is 0 Å². The molecule has 0 saturated carbocycles. The Kier molecular flexibility index (Phi) is 14.0. The fraction of sp³-hybridized carbons (Fsp3) is 0.722. The first-order valence-electron chi connectivity index (χ1n) is 9.75. The van der Waals surface area contributed by atoms with Crippen LogP contribution in [0.5, 0.6) is 0 Å². The van der Waals surface area contributed by atoms with Crippen molar-refractivity contribution in [2.45, 2.75) is 63.7 Å². The molecule has 0 aliphatic heterocycles. The van der Waals surface area contributed by atoms with Gasteiger partial charge in [-0.2, -0.15) is 25.3 Å². The molecule has 0 aromatic carbocycles. The summed E-state index contributed by atoms with van der Waals surface area (Å²) in [6.45, 7) is 3.62. The number of aliphatic carboxylic acids is 2. The maximum absolute atomic E-state index is 12.8. The van der Waals surface area contributed by atoms with Crippen LogP contribution in [-0.4, -0.2) is 75.5 Å². The number of nitrogens with one attached hydrogen (secondary N) is 3. The van der Waals surface area contributed by atoms with Crippen molar-refractivity contribution in [1.82, 2.24) is 16.0 Å². The molecule has 0 aromatic heterocycles. The molecule has 0 radical (unpaired) electrons. The number of carboxylic acid groups (broad SMARTS) is 2. The van der Waals surface area contributed by atoms with E-state index in [9.17, 15) is 29.1 Å². The van der Waals surface area contributed by atoms with Crippen molar-refractivity contribution in [2.24, 2.45) is 11.7 Å². The molecular formula is C18H32N4O7S2. The molecule has 0 spiro atoms. The van der Waals surface area contributed by atoms with Gasteiger partial charge in [-0.3, -0.25) is 19.2 Å². The minimum absolute atomic E-state index is 0.0131. The zero-order valence-electron chi connectivity index (χ0n) is 17.5. The van der Waals surface area contributed by atoms with Gasteiger partial charge in [-0.1, -0.05) is 13.8 Å². The van der Waals surface area contributed by atoms with E-state index < -0.39 is 60.2 Å². The number of thiol groups is 2. The van der Waals surface area contributed by atoms with E-state index in [0.29, 0.717) is 0 Å². The molecule has 7 N–H and O–H groups in total. The highest BCUT2D eigenvalue weighted by Gasteiger charge is 2.30. The largest absolute Gasteiger partial charge is 0.481 e. The normalized spacial score (nSPS) is 14.8. The number of nitrogens with two attached hydrogens (primary N) is 1. The number of carbonyl (C=O) groups is 5. The SMILES string of the molecule is CC(C)C[C@H](NC(=O)[C@H](CCC(=O)O)NC(=O)[C@H](N)CS)C(=O)N[C@@H](CCS)C(=O)O. The van der Waals surface area contributed by atoms with E-state index in [4.69, 9.17) is 10.8 Å². The number of carbonyl (C=O) groups excluding carboxylic acids is 3. The fourth-order valence-electron chi connectivity index (χ4n) is 2.53. The van der Waals surface area contributed by atoms with Gasteiger partial charge in [0.25, 0.3) is 0 Å². The Balaban J connectivity index is 5.46. The van der Waals surface area contributed by atoms with Crippen molar-refractivity contribution in [2.75, 3.05) is 11.5 Å². The third-order valence-electron chi connectivity index (χ3n) is 4.19. The highest BCUT2D eigenvalue weighted by molar-refractivity contribution is 7.80. The summed E-state index contributed by atoms with van der Waals surface area (Å²) >= 11 is 7.89. The van der Waals surface area contributed by atoms with Gasteiger partial charge in [-0.15, -0.1) is 0 Å². The van der Waals surface area contributed by atoms with Crippen molar-refractivity contribution in [3.8, 4) is 0 Å². The van der Waals surface area contributed by atoms with Gasteiger partial charge < -0.3 is 31.9 Å². The summed E-state index contributed by atoms with van der Waals surface area (Å²) in [4.78, 5) is 59.7. The van der Waals surface area contributed by atoms with Crippen molar-refractivity contribution in [3.05, 3.63) is 0 Å². The van der Waals surface area contributed by atoms with Crippen LogP contribution in [0.1, 0.15) is 39.5 Å². The zero-order valence-corrected chi connectivity index (χ0v) is 19.3. The summed E-state index contributed by atoms with van der Waals surface area (Å²) < 4.78 is 0. The number of carboxylic acids is 2. The van der Waals surface area contributed by atoms with Crippen LogP contribution in [-0.2, 0) is 24.0 Å². The van der Waals surface area contributed by atoms with Gasteiger partial charge >= 0.3 is 11.9 Å². The Labute approximate surface area is 192 Å². The lowest BCUT2D eigenvalue weighted by molar-refractivity contribution is -0.142. The second-order valence-corrected chi connectivity index (χ2v) is 8.20. The Morgan fingerprint density at radius 3 is 1.81 bits per heavy atom. The van der Waals surface area contributed by atoms with Crippen LogP contribution in [0.3, 0.4) is 0 Å². The minimum atomic E-state index is -1.25. The summed E-state index contributed by atoms with van der Waals surface area (Å²) in [5.74, 6) is -4.36. The maximum atomic E-state index is 12.8. The molecule has 0 bridgehead atoms. The van der Waals surface area contributed by atoms with Crippen LogP contribution < -0.4 is 21.7 Å². The summed E-state index contributed by atoms with van der Waals surface area (Å²) in [6, 6.07) is -4.51. The van der Waals surface area contributed by atoms with Crippen LogP contribution in [0.15, 0.2) is 0 Å². The molecule has 0 aliphatic rings. The number of amides is 3. The summed E-state index contributed by atoms with van der Waals surface area (Å²) in [5.41, 5.74) is 5.59. The number of hydrogen-bond acceptors (Lipinski definition) is 8. The van der Waals surface area contributed by atoms with Crippen LogP contribution in [0, 0.1) is 5.92 Å². The lowest BCUT2D eigenvalue weighted by atomic mass is 10.0. The number of hydrogen-bond donors (Lipinski definition) is 8. The first-order valence-corrected chi connectivity index (χ1v) is 11.0. The van der Waals surface area contributed by atoms with Crippen molar-refractivity contribution >= 4 is 54.9 Å². The predicted octanol–water partition coefficient (Wildman–Crippen LogP) is -0.987. The standard InChI is InChI=1S/C18H32N4O7S2/c1-9(2)7-13(17(27)21-12(5-6-30)18(28)29)22-16(26)11(3-4-14(23)24)20-15(25)10(19)8-31/h9-13,30-31H,3-8,19H2,1-2H3,(H,20,25)(H,21,27)(H,22,26)(H,23,24)(H,28,29)/t10-,11+,12+,13+/m1/s1. The van der Waals surface area contributed by atoms with Crippen LogP contribution >= 0.6 is 25.3 Å². The highest BCUT2D eigenvalue weighted by atomic mass is 32.1. The summed E-state index contributed by atoms with van der Waals surface area (Å²) in [6.07, 6.45) is -0.343. The van der Waals surface area contributed by atoms with E-state index in [1.807, 2.05) is 13.8 Å². The van der Waals surface area contributed by atoms with E-state index in [2.05, 4.69) is 41.2 Å². The Morgan fingerprint density at radius 1 is 0.839 bits per heavy atom. The van der Waals surface area contributed by atoms with Gasteiger partial charge in [0.1, 0.15) is 18.1 Å². The van der Waals surface area contributed by atoms with E-state index in [1.165, 1.54) is 0 Å². The smallest absolute Gasteiger partial charge is 0.326 e. The van der Waals surface area contributed by atoms with Gasteiger partial charge in [-0.05, 0) is 30.9 Å². The third kappa shape index (κ3) is 11.8. The van der Waals surface area contributed by atoms with E-state index in [-0.39, 0.29) is 36.7 Å². The molecule has 0 unspecified atom stereocenters. The molecule has 13 heteroatoms. The second-order valence-electron chi connectivity index (χ2n) is 7.39. The molecule has 0 fully saturated rings. The van der Waals surface area contributed by atoms with Crippen molar-refractivity contribution in [3.63, 3.8) is 0 Å². The van der Waals surface area contributed by atoms with E-state index in [1.54, 1.807) is 0 Å². The summed E-state index contributed by atoms with van der Waals surface area (Å²) in [5, 5.41) is 25.4. The third-order valence-corrected chi connectivity index (χ3v) is 4.84. The quantitative estimate of drug-likeness (QED) is 0.137. The zero-order chi connectivity index (χ0) is 24.1. The lowest BCUT2D eigenvalue weighted by Gasteiger charge is -2.25. The van der Waals surface area contributed by atoms with Gasteiger partial charge in [0, 0.05) is 12.2 Å². The van der Waals surface area contributed by atoms with Gasteiger partial charge in [-0.25, -0.2) is 4.79 Å². The molecule has 0 aliphatic carbocycles. The van der Waals surface area contributed by atoms with Gasteiger partial charge in [0.2, 0.25) is 17.7 Å². The Hall–Kier alpha value is -1.99. The van der Waals surface area contributed by atoms with Crippen molar-refractivity contribution < 1.29 is 34.2 Å². The Morgan fingerprint density at radius 2 is 1.35 bits per heavy atom. The second kappa shape index (κ2) is 14.9. The molecule has 178 valence electrons. The summed E-state index contributed by atoms with van der Waals surface area (Å²) in [7, 11) is 0. The topological polar surface area (TPSA) is 188 Å². The molecule has 0 saturated heterocycles. The number of rotatable bonds is 15. The molecule has 4 atom stereocenters. The molecule has 0 aromatic rings. The molecule has 11 nitrogen and oxygen atoms in total. The van der Waals surface area contributed by atoms with Crippen LogP contribution in [0.25, 0.3) is 0 Å². The molecule has 0 heterocycles. The monoisotopic (exact) mass is 480 g/mol. The maximum Gasteiger partial charge on any atom is 0.326 e. The van der Waals surface area contributed by atoms with E-state index in [0.717, 1.165) is 0 Å². The minimum Gasteiger partial charge on any atom is -0.481 e. The van der Waals surface area contributed by atoms with Gasteiger partial charge in [0.15, 0.2) is 0 Å². The first-order chi connectivity index (χ1) is 14.4. The molecule has 31 heavy (non-hydrogen) atoms. The average molecular weight is 481 g/mol. The Bertz CT molecular complexity index is 648. The fourth-order valence-corrected chi connectivity index (χ4v) is 2.96. The molecule has 3 amide bonds. The lowest BCUT2D eigenvalue weighted by Crippen LogP contribution is -2.57. The molecular weight excluding hydrogens is 448 g/mol. The van der Waals surface area contributed by atoms with E-state index >= 15 is 0 Å². The predicted molar refractivity (Wildman–Crippen MR) is 120 cm³/mol. The van der Waals surface area contributed by atoms with Crippen LogP contribution in [0.2, 0.25) is 0 Å². The highest BCUT2D eigenvalue weighted by Crippen LogP contribution is 2.08. The van der Waals surface area contributed by atoms with Gasteiger partial charge in [0.05, 0.1) is 6.04 Å². The average Bonchev–Trinajstić information content (AvgIpc) is 2.68. The molecule has 0 rings (SSSR count). The first kappa shape index (κ1) is 29.0.